The van der Waals surface area contributed by atoms with Crippen molar-refractivity contribution < 1.29 is 18.7 Å². The molecule has 25 heavy (non-hydrogen) atoms. The maximum atomic E-state index is 12.3. The number of ether oxygens (including phenoxy) is 1. The van der Waals surface area contributed by atoms with Gasteiger partial charge in [0.05, 0.1) is 0 Å². The average molecular weight is 355 g/mol. The number of Topliss-reactive ketones (excluding diaryl/α,β-unsaturated/α-hetero) is 1. The summed E-state index contributed by atoms with van der Waals surface area (Å²) in [4.78, 5) is 28.5. The summed E-state index contributed by atoms with van der Waals surface area (Å²) < 4.78 is 10.7. The first kappa shape index (κ1) is 17.2. The Bertz CT molecular complexity index is 868. The monoisotopic (exact) mass is 355 g/mol. The standard InChI is InChI=1S/C19H17NO4S/c1-12-7-9-14(10-8-12)18(22)13(2)23-17(21)11-25-19-20-15-5-3-4-6-16(15)24-19/h3-10,13H,11H2,1-2H3/t13-/m0/s1. The minimum atomic E-state index is -0.834. The van der Waals surface area contributed by atoms with Crippen LogP contribution in [-0.2, 0) is 9.53 Å². The van der Waals surface area contributed by atoms with Gasteiger partial charge in [0.1, 0.15) is 11.3 Å². The van der Waals surface area contributed by atoms with Crippen molar-refractivity contribution in [1.29, 1.82) is 0 Å². The average Bonchev–Trinajstić information content (AvgIpc) is 3.03. The lowest BCUT2D eigenvalue weighted by atomic mass is 10.1. The Kier molecular flexibility index (Phi) is 5.19. The van der Waals surface area contributed by atoms with Crippen LogP contribution in [0.15, 0.2) is 58.2 Å². The van der Waals surface area contributed by atoms with E-state index in [1.165, 1.54) is 0 Å². The topological polar surface area (TPSA) is 69.4 Å². The first-order valence-electron chi connectivity index (χ1n) is 7.81. The zero-order valence-corrected chi connectivity index (χ0v) is 14.7. The van der Waals surface area contributed by atoms with Crippen LogP contribution in [0.5, 0.6) is 0 Å². The van der Waals surface area contributed by atoms with Crippen molar-refractivity contribution >= 4 is 34.6 Å². The number of benzene rings is 2. The van der Waals surface area contributed by atoms with Gasteiger partial charge in [-0.05, 0) is 26.0 Å². The molecule has 1 heterocycles. The minimum Gasteiger partial charge on any atom is -0.454 e. The van der Waals surface area contributed by atoms with Crippen LogP contribution >= 0.6 is 11.8 Å². The zero-order chi connectivity index (χ0) is 17.8. The van der Waals surface area contributed by atoms with E-state index in [0.717, 1.165) is 22.8 Å². The second-order valence-electron chi connectivity index (χ2n) is 5.60. The lowest BCUT2D eigenvalue weighted by Crippen LogP contribution is -2.25. The lowest BCUT2D eigenvalue weighted by molar-refractivity contribution is -0.143. The number of thioether (sulfide) groups is 1. The van der Waals surface area contributed by atoms with Crippen molar-refractivity contribution in [3.63, 3.8) is 0 Å². The Morgan fingerprint density at radius 3 is 2.60 bits per heavy atom. The van der Waals surface area contributed by atoms with E-state index in [1.54, 1.807) is 19.1 Å². The second kappa shape index (κ2) is 7.53. The second-order valence-corrected chi connectivity index (χ2v) is 6.53. The highest BCUT2D eigenvalue weighted by Gasteiger charge is 2.20. The summed E-state index contributed by atoms with van der Waals surface area (Å²) >= 11 is 1.14. The largest absolute Gasteiger partial charge is 0.454 e. The molecule has 6 heteroatoms. The molecule has 2 aromatic carbocycles. The maximum Gasteiger partial charge on any atom is 0.317 e. The smallest absolute Gasteiger partial charge is 0.317 e. The molecule has 0 radical (unpaired) electrons. The molecule has 3 rings (SSSR count). The third-order valence-electron chi connectivity index (χ3n) is 3.60. The Hall–Kier alpha value is -2.60. The lowest BCUT2D eigenvalue weighted by Gasteiger charge is -2.12. The number of hydrogen-bond acceptors (Lipinski definition) is 6. The molecule has 0 saturated carbocycles. The Labute approximate surface area is 149 Å². The van der Waals surface area contributed by atoms with Gasteiger partial charge in [0.2, 0.25) is 5.78 Å². The molecular weight excluding hydrogens is 338 g/mol. The summed E-state index contributed by atoms with van der Waals surface area (Å²) in [6.45, 7) is 3.52. The molecule has 0 bridgehead atoms. The minimum absolute atomic E-state index is 0.0261. The van der Waals surface area contributed by atoms with Gasteiger partial charge in [-0.1, -0.05) is 53.7 Å². The number of fused-ring (bicyclic) bond motifs is 1. The molecule has 1 aromatic heterocycles. The molecule has 0 aliphatic carbocycles. The molecule has 0 spiro atoms. The van der Waals surface area contributed by atoms with Gasteiger partial charge in [0, 0.05) is 5.56 Å². The number of para-hydroxylation sites is 2. The van der Waals surface area contributed by atoms with E-state index in [9.17, 15) is 9.59 Å². The van der Waals surface area contributed by atoms with Crippen molar-refractivity contribution in [2.75, 3.05) is 5.75 Å². The first-order chi connectivity index (χ1) is 12.0. The van der Waals surface area contributed by atoms with E-state index in [-0.39, 0.29) is 11.5 Å². The number of nitrogens with zero attached hydrogens (tertiary/aromatic N) is 1. The maximum absolute atomic E-state index is 12.3. The van der Waals surface area contributed by atoms with Crippen LogP contribution in [0.4, 0.5) is 0 Å². The van der Waals surface area contributed by atoms with Crippen molar-refractivity contribution in [3.8, 4) is 0 Å². The highest BCUT2D eigenvalue weighted by molar-refractivity contribution is 7.99. The van der Waals surface area contributed by atoms with Gasteiger partial charge in [0.15, 0.2) is 11.7 Å². The van der Waals surface area contributed by atoms with E-state index >= 15 is 0 Å². The number of aromatic nitrogens is 1. The number of carbonyl (C=O) groups excluding carboxylic acids is 2. The summed E-state index contributed by atoms with van der Waals surface area (Å²) in [5.74, 6) is -0.682. The molecule has 0 aliphatic rings. The van der Waals surface area contributed by atoms with E-state index in [2.05, 4.69) is 4.98 Å². The van der Waals surface area contributed by atoms with E-state index in [1.807, 2.05) is 43.3 Å². The van der Waals surface area contributed by atoms with Gasteiger partial charge < -0.3 is 9.15 Å². The van der Waals surface area contributed by atoms with Crippen LogP contribution in [0.25, 0.3) is 11.1 Å². The van der Waals surface area contributed by atoms with Crippen molar-refractivity contribution in [1.82, 2.24) is 4.98 Å². The molecule has 0 amide bonds. The Balaban J connectivity index is 1.54. The van der Waals surface area contributed by atoms with E-state index in [4.69, 9.17) is 9.15 Å². The molecule has 0 fully saturated rings. The van der Waals surface area contributed by atoms with Crippen molar-refractivity contribution in [2.45, 2.75) is 25.2 Å². The Morgan fingerprint density at radius 2 is 1.88 bits per heavy atom. The van der Waals surface area contributed by atoms with Gasteiger partial charge in [-0.3, -0.25) is 9.59 Å². The van der Waals surface area contributed by atoms with E-state index < -0.39 is 12.1 Å². The van der Waals surface area contributed by atoms with Crippen LogP contribution in [0.2, 0.25) is 0 Å². The molecule has 0 unspecified atom stereocenters. The van der Waals surface area contributed by atoms with Gasteiger partial charge in [-0.2, -0.15) is 0 Å². The number of rotatable bonds is 6. The summed E-state index contributed by atoms with van der Waals surface area (Å²) in [6, 6.07) is 14.5. The predicted octanol–water partition coefficient (Wildman–Crippen LogP) is 4.04. The summed E-state index contributed by atoms with van der Waals surface area (Å²) in [5.41, 5.74) is 3.00. The number of carbonyl (C=O) groups is 2. The predicted molar refractivity (Wildman–Crippen MR) is 95.8 cm³/mol. The highest BCUT2D eigenvalue weighted by atomic mass is 32.2. The summed E-state index contributed by atoms with van der Waals surface area (Å²) in [5, 5.41) is 0.399. The summed E-state index contributed by atoms with van der Waals surface area (Å²) in [6.07, 6.45) is -0.834. The molecule has 0 aliphatic heterocycles. The fraction of sp³-hybridized carbons (Fsp3) is 0.211. The van der Waals surface area contributed by atoms with E-state index in [0.29, 0.717) is 16.4 Å². The van der Waals surface area contributed by atoms with Crippen LogP contribution in [0.1, 0.15) is 22.8 Å². The summed E-state index contributed by atoms with van der Waals surface area (Å²) in [7, 11) is 0. The number of aryl methyl sites for hydroxylation is 1. The molecule has 5 nitrogen and oxygen atoms in total. The molecule has 3 aromatic rings. The van der Waals surface area contributed by atoms with Crippen LogP contribution < -0.4 is 0 Å². The fourth-order valence-electron chi connectivity index (χ4n) is 2.27. The van der Waals surface area contributed by atoms with Gasteiger partial charge in [-0.25, -0.2) is 4.98 Å². The normalized spacial score (nSPS) is 12.1. The quantitative estimate of drug-likeness (QED) is 0.377. The molecule has 0 N–H and O–H groups in total. The van der Waals surface area contributed by atoms with Crippen molar-refractivity contribution in [2.24, 2.45) is 0 Å². The third-order valence-corrected chi connectivity index (χ3v) is 4.40. The highest BCUT2D eigenvalue weighted by Crippen LogP contribution is 2.23. The number of hydrogen-bond donors (Lipinski definition) is 0. The van der Waals surface area contributed by atoms with Crippen LogP contribution in [0.3, 0.4) is 0 Å². The number of esters is 1. The molecule has 128 valence electrons. The van der Waals surface area contributed by atoms with Gasteiger partial charge in [0.25, 0.3) is 5.22 Å². The number of oxazole rings is 1. The van der Waals surface area contributed by atoms with Crippen LogP contribution in [-0.4, -0.2) is 28.6 Å². The number of ketones is 1. The zero-order valence-electron chi connectivity index (χ0n) is 13.9. The van der Waals surface area contributed by atoms with Crippen LogP contribution in [0, 0.1) is 6.92 Å². The van der Waals surface area contributed by atoms with Crippen molar-refractivity contribution in [3.05, 3.63) is 59.7 Å². The third kappa shape index (κ3) is 4.28. The molecule has 1 atom stereocenters. The SMILES string of the molecule is Cc1ccc(C(=O)[C@H](C)OC(=O)CSc2nc3ccccc3o2)cc1. The molecular formula is C19H17NO4S. The first-order valence-corrected chi connectivity index (χ1v) is 8.80. The van der Waals surface area contributed by atoms with Gasteiger partial charge >= 0.3 is 5.97 Å². The molecule has 0 saturated heterocycles. The Morgan fingerprint density at radius 1 is 1.16 bits per heavy atom. The van der Waals surface area contributed by atoms with Gasteiger partial charge in [-0.15, -0.1) is 0 Å². The fourth-order valence-corrected chi connectivity index (χ4v) is 2.89.